The number of halogens is 1. The lowest BCUT2D eigenvalue weighted by molar-refractivity contribution is -0.00000845. The van der Waals surface area contributed by atoms with E-state index in [9.17, 15) is 8.42 Å². The van der Waals surface area contributed by atoms with E-state index < -0.39 is 10.0 Å². The lowest BCUT2D eigenvalue weighted by Crippen LogP contribution is -3.00. The average molecular weight is 430 g/mol. The minimum absolute atomic E-state index is 0. The third-order valence-electron chi connectivity index (χ3n) is 5.55. The topological polar surface area (TPSA) is 40.6 Å². The summed E-state index contributed by atoms with van der Waals surface area (Å²) in [5.74, 6) is 0. The fourth-order valence-electron chi connectivity index (χ4n) is 4.03. The molecule has 1 saturated heterocycles. The number of fused-ring (bicyclic) bond motifs is 1. The highest BCUT2D eigenvalue weighted by Crippen LogP contribution is 2.24. The van der Waals surface area contributed by atoms with Crippen LogP contribution in [0.1, 0.15) is 16.7 Å². The molecule has 0 radical (unpaired) electrons. The number of hydrogen-bond donors (Lipinski definition) is 0. The quantitative estimate of drug-likeness (QED) is 0.620. The van der Waals surface area contributed by atoms with Crippen LogP contribution in [-0.4, -0.2) is 43.8 Å². The van der Waals surface area contributed by atoms with E-state index in [1.807, 2.05) is 26.0 Å². The first-order valence-corrected chi connectivity index (χ1v) is 11.2. The van der Waals surface area contributed by atoms with Crippen LogP contribution in [0.3, 0.4) is 0 Å². The molecule has 0 aromatic heterocycles. The molecule has 0 atom stereocenters. The van der Waals surface area contributed by atoms with Crippen molar-refractivity contribution >= 4 is 20.8 Å². The second kappa shape index (κ2) is 8.84. The molecule has 0 spiro atoms. The van der Waals surface area contributed by atoms with Crippen LogP contribution in [0.4, 0.5) is 0 Å². The summed E-state index contributed by atoms with van der Waals surface area (Å²) in [6.07, 6.45) is 0. The third kappa shape index (κ3) is 4.48. The monoisotopic (exact) mass is 429 g/mol. The van der Waals surface area contributed by atoms with Gasteiger partial charge in [-0.25, -0.2) is 8.42 Å². The fraction of sp³-hybridized carbons (Fsp3) is 0.304. The van der Waals surface area contributed by atoms with Crippen molar-refractivity contribution in [2.45, 2.75) is 25.3 Å². The molecule has 0 amide bonds. The second-order valence-electron chi connectivity index (χ2n) is 7.59. The summed E-state index contributed by atoms with van der Waals surface area (Å²) in [5, 5.41) is 2.52. The predicted molar refractivity (Wildman–Crippen MR) is 114 cm³/mol. The Labute approximate surface area is 179 Å². The Bertz CT molecular complexity index is 1100. The van der Waals surface area contributed by atoms with Crippen LogP contribution in [-0.2, 0) is 16.6 Å². The van der Waals surface area contributed by atoms with Crippen molar-refractivity contribution in [3.63, 3.8) is 0 Å². The molecule has 154 valence electrons. The van der Waals surface area contributed by atoms with Gasteiger partial charge in [0.1, 0.15) is 0 Å². The summed E-state index contributed by atoms with van der Waals surface area (Å²) >= 11 is 0. The van der Waals surface area contributed by atoms with Gasteiger partial charge in [-0.1, -0.05) is 60.2 Å². The standard InChI is InChI=1S/C23H26N2O2S.ClH/c1-18-10-11-23(19(2)16-18)28(26,27)25-14-12-24(13-15-25)17-21-8-5-7-20-6-3-4-9-22(20)21;/h3-11,16H,12-15,17H2,1-2H3;1H/p-1. The Balaban J connectivity index is 0.00000240. The molecule has 3 aromatic carbocycles. The van der Waals surface area contributed by atoms with Crippen molar-refractivity contribution in [1.82, 2.24) is 9.21 Å². The Morgan fingerprint density at radius 3 is 2.28 bits per heavy atom. The number of sulfonamides is 1. The maximum atomic E-state index is 13.1. The van der Waals surface area contributed by atoms with Crippen molar-refractivity contribution in [3.05, 3.63) is 77.4 Å². The van der Waals surface area contributed by atoms with Crippen molar-refractivity contribution < 1.29 is 20.8 Å². The third-order valence-corrected chi connectivity index (χ3v) is 7.61. The van der Waals surface area contributed by atoms with Gasteiger partial charge in [-0.05, 0) is 41.8 Å². The van der Waals surface area contributed by atoms with Gasteiger partial charge in [0.2, 0.25) is 10.0 Å². The van der Waals surface area contributed by atoms with Crippen LogP contribution < -0.4 is 12.4 Å². The van der Waals surface area contributed by atoms with Crippen LogP contribution in [0, 0.1) is 13.8 Å². The molecular formula is C23H26ClN2O2S-. The van der Waals surface area contributed by atoms with Crippen LogP contribution in [0.15, 0.2) is 65.6 Å². The molecule has 1 aliphatic rings. The summed E-state index contributed by atoms with van der Waals surface area (Å²) in [5.41, 5.74) is 3.19. The summed E-state index contributed by atoms with van der Waals surface area (Å²) < 4.78 is 27.8. The first-order chi connectivity index (χ1) is 13.4. The molecule has 1 fully saturated rings. The lowest BCUT2D eigenvalue weighted by Gasteiger charge is -2.34. The van der Waals surface area contributed by atoms with Crippen molar-refractivity contribution in [2.75, 3.05) is 26.2 Å². The molecule has 0 N–H and O–H groups in total. The zero-order chi connectivity index (χ0) is 19.7. The normalized spacial score (nSPS) is 15.9. The van der Waals surface area contributed by atoms with Crippen LogP contribution in [0.2, 0.25) is 0 Å². The first kappa shape index (κ1) is 21.8. The molecule has 0 bridgehead atoms. The summed E-state index contributed by atoms with van der Waals surface area (Å²) in [7, 11) is -3.43. The highest BCUT2D eigenvalue weighted by molar-refractivity contribution is 7.89. The van der Waals surface area contributed by atoms with E-state index in [2.05, 4.69) is 47.4 Å². The van der Waals surface area contributed by atoms with E-state index in [1.54, 1.807) is 10.4 Å². The van der Waals surface area contributed by atoms with Gasteiger partial charge in [0.25, 0.3) is 0 Å². The van der Waals surface area contributed by atoms with E-state index in [0.29, 0.717) is 18.0 Å². The summed E-state index contributed by atoms with van der Waals surface area (Å²) in [6, 6.07) is 20.4. The zero-order valence-electron chi connectivity index (χ0n) is 16.8. The summed E-state index contributed by atoms with van der Waals surface area (Å²) in [6.45, 7) is 7.24. The van der Waals surface area contributed by atoms with E-state index >= 15 is 0 Å². The molecule has 4 rings (SSSR count). The van der Waals surface area contributed by atoms with Gasteiger partial charge in [-0.15, -0.1) is 0 Å². The molecule has 0 unspecified atom stereocenters. The van der Waals surface area contributed by atoms with Crippen molar-refractivity contribution in [2.24, 2.45) is 0 Å². The van der Waals surface area contributed by atoms with Crippen LogP contribution in [0.25, 0.3) is 10.8 Å². The minimum atomic E-state index is -3.43. The van der Waals surface area contributed by atoms with Crippen molar-refractivity contribution in [1.29, 1.82) is 0 Å². The van der Waals surface area contributed by atoms with Gasteiger partial charge in [-0.3, -0.25) is 4.90 Å². The Morgan fingerprint density at radius 2 is 1.55 bits per heavy atom. The van der Waals surface area contributed by atoms with Gasteiger partial charge in [0, 0.05) is 32.7 Å². The van der Waals surface area contributed by atoms with E-state index in [-0.39, 0.29) is 12.4 Å². The number of benzene rings is 3. The SMILES string of the molecule is Cc1ccc(S(=O)(=O)N2CCN(Cc3cccc4ccccc34)CC2)c(C)c1.[Cl-]. The number of aryl methyl sites for hydroxylation is 2. The van der Waals surface area contributed by atoms with Crippen LogP contribution in [0.5, 0.6) is 0 Å². The molecule has 1 heterocycles. The maximum absolute atomic E-state index is 13.1. The number of piperazine rings is 1. The Kier molecular flexibility index (Phi) is 6.64. The molecule has 0 saturated carbocycles. The molecular weight excluding hydrogens is 404 g/mol. The van der Waals surface area contributed by atoms with Gasteiger partial charge < -0.3 is 12.4 Å². The largest absolute Gasteiger partial charge is 1.00 e. The minimum Gasteiger partial charge on any atom is -1.00 e. The predicted octanol–water partition coefficient (Wildman–Crippen LogP) is 0.967. The highest BCUT2D eigenvalue weighted by Gasteiger charge is 2.29. The number of hydrogen-bond acceptors (Lipinski definition) is 3. The van der Waals surface area contributed by atoms with Gasteiger partial charge in [0.05, 0.1) is 4.90 Å². The van der Waals surface area contributed by atoms with E-state index in [4.69, 9.17) is 0 Å². The molecule has 0 aliphatic carbocycles. The maximum Gasteiger partial charge on any atom is 0.243 e. The van der Waals surface area contributed by atoms with E-state index in [0.717, 1.165) is 30.8 Å². The Hall–Kier alpha value is -1.92. The first-order valence-electron chi connectivity index (χ1n) is 9.71. The van der Waals surface area contributed by atoms with E-state index in [1.165, 1.54) is 16.3 Å². The average Bonchev–Trinajstić information content (AvgIpc) is 2.68. The molecule has 29 heavy (non-hydrogen) atoms. The van der Waals surface area contributed by atoms with Crippen LogP contribution >= 0.6 is 0 Å². The summed E-state index contributed by atoms with van der Waals surface area (Å²) in [4.78, 5) is 2.77. The van der Waals surface area contributed by atoms with Gasteiger partial charge in [-0.2, -0.15) is 4.31 Å². The Morgan fingerprint density at radius 1 is 0.862 bits per heavy atom. The number of nitrogens with zero attached hydrogens (tertiary/aromatic N) is 2. The molecule has 4 nitrogen and oxygen atoms in total. The highest BCUT2D eigenvalue weighted by atomic mass is 35.5. The molecule has 1 aliphatic heterocycles. The van der Waals surface area contributed by atoms with Gasteiger partial charge in [0.15, 0.2) is 0 Å². The fourth-order valence-corrected chi connectivity index (χ4v) is 5.66. The van der Waals surface area contributed by atoms with Gasteiger partial charge >= 0.3 is 0 Å². The smallest absolute Gasteiger partial charge is 0.243 e. The molecule has 6 heteroatoms. The number of rotatable bonds is 4. The lowest BCUT2D eigenvalue weighted by atomic mass is 10.0. The second-order valence-corrected chi connectivity index (χ2v) is 9.49. The van der Waals surface area contributed by atoms with Crippen molar-refractivity contribution in [3.8, 4) is 0 Å². The molecule has 3 aromatic rings. The zero-order valence-corrected chi connectivity index (χ0v) is 18.4.